The molecule has 0 radical (unpaired) electrons. The van der Waals surface area contributed by atoms with Gasteiger partial charge < -0.3 is 24.8 Å². The fourth-order valence-corrected chi connectivity index (χ4v) is 5.13. The van der Waals surface area contributed by atoms with Gasteiger partial charge in [0.05, 0.1) is 13.2 Å². The summed E-state index contributed by atoms with van der Waals surface area (Å²) >= 11 is 0. The zero-order chi connectivity index (χ0) is 27.5. The lowest BCUT2D eigenvalue weighted by Gasteiger charge is -2.18. The number of nitrogens with one attached hydrogen (secondary N) is 1. The Morgan fingerprint density at radius 2 is 1.51 bits per heavy atom. The van der Waals surface area contributed by atoms with Crippen molar-refractivity contribution >= 4 is 5.97 Å². The van der Waals surface area contributed by atoms with E-state index in [9.17, 15) is 9.90 Å². The van der Waals surface area contributed by atoms with Crippen molar-refractivity contribution in [1.29, 1.82) is 0 Å². The molecule has 1 unspecified atom stereocenters. The molecule has 1 fully saturated rings. The van der Waals surface area contributed by atoms with Gasteiger partial charge in [-0.05, 0) is 118 Å². The molecule has 2 N–H and O–H groups in total. The smallest absolute Gasteiger partial charge is 0.321 e. The summed E-state index contributed by atoms with van der Waals surface area (Å²) in [4.78, 5) is 18.2. The standard InChI is InChI=1S/C32H41N3O4/c1-24-27(28-10-6-12-31(25(28)2)39-22-8-20-35-18-3-4-19-35)9-5-11-30(24)38-21-7-15-34-29(32(36)37)23-26-13-16-33-17-14-26/h5-6,9-14,16-17,29,34H,3-4,7-8,15,18-23H2,1-2H3,(H,36,37). The molecule has 7 heteroatoms. The van der Waals surface area contributed by atoms with Gasteiger partial charge in [-0.25, -0.2) is 0 Å². The van der Waals surface area contributed by atoms with Crippen molar-refractivity contribution in [3.8, 4) is 22.6 Å². The number of carboxylic acid groups (broad SMARTS) is 1. The number of pyridine rings is 1. The molecule has 1 aliphatic rings. The molecule has 7 nitrogen and oxygen atoms in total. The second kappa shape index (κ2) is 14.7. The highest BCUT2D eigenvalue weighted by molar-refractivity contribution is 5.75. The van der Waals surface area contributed by atoms with Crippen LogP contribution in [0.4, 0.5) is 0 Å². The molecule has 39 heavy (non-hydrogen) atoms. The molecular formula is C32H41N3O4. The summed E-state index contributed by atoms with van der Waals surface area (Å²) in [6.07, 6.45) is 8.15. The summed E-state index contributed by atoms with van der Waals surface area (Å²) < 4.78 is 12.3. The molecule has 0 amide bonds. The molecule has 1 aliphatic heterocycles. The van der Waals surface area contributed by atoms with Crippen LogP contribution in [0.3, 0.4) is 0 Å². The van der Waals surface area contributed by atoms with Crippen molar-refractivity contribution in [2.45, 2.75) is 52.0 Å². The number of ether oxygens (including phenoxy) is 2. The zero-order valence-electron chi connectivity index (χ0n) is 23.2. The first-order valence-corrected chi connectivity index (χ1v) is 14.1. The lowest BCUT2D eigenvalue weighted by atomic mass is 9.95. The van der Waals surface area contributed by atoms with Gasteiger partial charge in [0, 0.05) is 18.9 Å². The number of rotatable bonds is 15. The van der Waals surface area contributed by atoms with E-state index in [1.807, 2.05) is 24.3 Å². The van der Waals surface area contributed by atoms with Gasteiger partial charge in [0.2, 0.25) is 0 Å². The summed E-state index contributed by atoms with van der Waals surface area (Å²) in [5.41, 5.74) is 5.45. The van der Waals surface area contributed by atoms with Crippen molar-refractivity contribution in [3.05, 3.63) is 77.6 Å². The second-order valence-corrected chi connectivity index (χ2v) is 10.2. The molecule has 1 atom stereocenters. The number of benzene rings is 2. The van der Waals surface area contributed by atoms with Gasteiger partial charge in [-0.3, -0.25) is 9.78 Å². The maximum absolute atomic E-state index is 11.7. The van der Waals surface area contributed by atoms with Gasteiger partial charge in [-0.2, -0.15) is 0 Å². The lowest BCUT2D eigenvalue weighted by molar-refractivity contribution is -0.139. The van der Waals surface area contributed by atoms with Crippen LogP contribution in [0, 0.1) is 13.8 Å². The summed E-state index contributed by atoms with van der Waals surface area (Å²) in [5.74, 6) is 0.922. The number of likely N-dealkylation sites (tertiary alicyclic amines) is 1. The third kappa shape index (κ3) is 8.28. The molecule has 2 heterocycles. The Morgan fingerprint density at radius 1 is 0.923 bits per heavy atom. The number of hydrogen-bond donors (Lipinski definition) is 2. The average molecular weight is 532 g/mol. The Balaban J connectivity index is 1.28. The van der Waals surface area contributed by atoms with Gasteiger partial charge in [-0.15, -0.1) is 0 Å². The maximum Gasteiger partial charge on any atom is 0.321 e. The molecule has 1 saturated heterocycles. The highest BCUT2D eigenvalue weighted by Crippen LogP contribution is 2.35. The van der Waals surface area contributed by atoms with E-state index in [2.05, 4.69) is 53.3 Å². The van der Waals surface area contributed by atoms with Crippen LogP contribution in [-0.2, 0) is 11.2 Å². The number of aromatic nitrogens is 1. The van der Waals surface area contributed by atoms with Crippen LogP contribution in [0.2, 0.25) is 0 Å². The first kappa shape index (κ1) is 28.6. The topological polar surface area (TPSA) is 83.9 Å². The van der Waals surface area contributed by atoms with Crippen molar-refractivity contribution < 1.29 is 19.4 Å². The number of carboxylic acids is 1. The van der Waals surface area contributed by atoms with Crippen LogP contribution < -0.4 is 14.8 Å². The van der Waals surface area contributed by atoms with Crippen molar-refractivity contribution in [2.24, 2.45) is 0 Å². The molecule has 0 bridgehead atoms. The SMILES string of the molecule is Cc1c(OCCCNC(Cc2ccncc2)C(=O)O)cccc1-c1cccc(OCCCN2CCCC2)c1C. The quantitative estimate of drug-likeness (QED) is 0.258. The third-order valence-electron chi connectivity index (χ3n) is 7.39. The molecule has 208 valence electrons. The Kier molecular flexibility index (Phi) is 10.7. The molecule has 0 spiro atoms. The number of aliphatic carboxylic acids is 1. The van der Waals surface area contributed by atoms with Gasteiger partial charge in [0.25, 0.3) is 0 Å². The number of nitrogens with zero attached hydrogens (tertiary/aromatic N) is 2. The fraction of sp³-hybridized carbons (Fsp3) is 0.438. The van der Waals surface area contributed by atoms with Crippen LogP contribution in [0.1, 0.15) is 42.4 Å². The highest BCUT2D eigenvalue weighted by atomic mass is 16.5. The van der Waals surface area contributed by atoms with Gasteiger partial charge >= 0.3 is 5.97 Å². The first-order valence-electron chi connectivity index (χ1n) is 14.1. The Hall–Kier alpha value is -3.42. The predicted molar refractivity (Wildman–Crippen MR) is 155 cm³/mol. The van der Waals surface area contributed by atoms with E-state index in [0.29, 0.717) is 26.0 Å². The van der Waals surface area contributed by atoms with Gasteiger partial charge in [-0.1, -0.05) is 24.3 Å². The van der Waals surface area contributed by atoms with Gasteiger partial charge in [0.1, 0.15) is 17.5 Å². The summed E-state index contributed by atoms with van der Waals surface area (Å²) in [6.45, 7) is 9.53. The van der Waals surface area contributed by atoms with E-state index in [-0.39, 0.29) is 0 Å². The minimum atomic E-state index is -0.857. The largest absolute Gasteiger partial charge is 0.493 e. The maximum atomic E-state index is 11.7. The van der Waals surface area contributed by atoms with E-state index in [1.54, 1.807) is 12.4 Å². The fourth-order valence-electron chi connectivity index (χ4n) is 5.13. The van der Waals surface area contributed by atoms with E-state index >= 15 is 0 Å². The van der Waals surface area contributed by atoms with E-state index < -0.39 is 12.0 Å². The van der Waals surface area contributed by atoms with E-state index in [4.69, 9.17) is 9.47 Å². The van der Waals surface area contributed by atoms with Crippen LogP contribution in [0.5, 0.6) is 11.5 Å². The lowest BCUT2D eigenvalue weighted by Crippen LogP contribution is -2.39. The molecule has 0 aliphatic carbocycles. The average Bonchev–Trinajstić information content (AvgIpc) is 3.46. The Labute approximate surface area is 232 Å². The van der Waals surface area contributed by atoms with Crippen molar-refractivity contribution in [1.82, 2.24) is 15.2 Å². The van der Waals surface area contributed by atoms with Gasteiger partial charge in [0.15, 0.2) is 0 Å². The first-order chi connectivity index (χ1) is 19.0. The van der Waals surface area contributed by atoms with Crippen LogP contribution in [0.15, 0.2) is 60.9 Å². The van der Waals surface area contributed by atoms with Crippen LogP contribution >= 0.6 is 0 Å². The molecule has 4 rings (SSSR count). The Bertz CT molecular complexity index is 1200. The van der Waals surface area contributed by atoms with E-state index in [0.717, 1.165) is 58.9 Å². The molecule has 0 saturated carbocycles. The summed E-state index contributed by atoms with van der Waals surface area (Å²) in [7, 11) is 0. The van der Waals surface area contributed by atoms with Crippen molar-refractivity contribution in [3.63, 3.8) is 0 Å². The minimum Gasteiger partial charge on any atom is -0.493 e. The minimum absolute atomic E-state index is 0.417. The molecule has 3 aromatic rings. The second-order valence-electron chi connectivity index (χ2n) is 10.2. The number of hydrogen-bond acceptors (Lipinski definition) is 6. The van der Waals surface area contributed by atoms with E-state index in [1.165, 1.54) is 25.9 Å². The highest BCUT2D eigenvalue weighted by Gasteiger charge is 2.17. The zero-order valence-corrected chi connectivity index (χ0v) is 23.2. The van der Waals surface area contributed by atoms with Crippen LogP contribution in [-0.4, -0.2) is 66.4 Å². The summed E-state index contributed by atoms with van der Waals surface area (Å²) in [5, 5.41) is 12.7. The molecule has 1 aromatic heterocycles. The van der Waals surface area contributed by atoms with Crippen molar-refractivity contribution in [2.75, 3.05) is 39.4 Å². The molecule has 2 aromatic carbocycles. The predicted octanol–water partition coefficient (Wildman–Crippen LogP) is 5.28. The van der Waals surface area contributed by atoms with Crippen LogP contribution in [0.25, 0.3) is 11.1 Å². The monoisotopic (exact) mass is 531 g/mol. The Morgan fingerprint density at radius 3 is 2.10 bits per heavy atom. The molecular weight excluding hydrogens is 490 g/mol. The summed E-state index contributed by atoms with van der Waals surface area (Å²) in [6, 6.07) is 15.4. The normalized spacial score (nSPS) is 14.3. The number of carbonyl (C=O) groups is 1. The third-order valence-corrected chi connectivity index (χ3v) is 7.39.